The zero-order valence-corrected chi connectivity index (χ0v) is 9.56. The second kappa shape index (κ2) is 5.08. The van der Waals surface area contributed by atoms with Gasteiger partial charge in [0.05, 0.1) is 6.42 Å². The minimum atomic E-state index is -4.12. The first-order chi connectivity index (χ1) is 8.04. The Balaban J connectivity index is 2.02. The van der Waals surface area contributed by atoms with Crippen LogP contribution in [0.3, 0.4) is 0 Å². The lowest BCUT2D eigenvalue weighted by atomic mass is 9.96. The molecule has 0 amide bonds. The Bertz CT molecular complexity index is 350. The summed E-state index contributed by atoms with van der Waals surface area (Å²) in [5, 5.41) is 3.38. The first-order valence-corrected chi connectivity index (χ1v) is 5.93. The van der Waals surface area contributed by atoms with Gasteiger partial charge in [0.25, 0.3) is 0 Å². The Kier molecular flexibility index (Phi) is 3.72. The molecule has 1 nitrogen and oxygen atoms in total. The summed E-state index contributed by atoms with van der Waals surface area (Å²) in [7, 11) is 0. The number of piperidine rings is 1. The van der Waals surface area contributed by atoms with Crippen molar-refractivity contribution in [3.8, 4) is 0 Å². The zero-order chi connectivity index (χ0) is 12.3. The first kappa shape index (κ1) is 12.4. The van der Waals surface area contributed by atoms with Gasteiger partial charge in [-0.05, 0) is 30.5 Å². The van der Waals surface area contributed by atoms with Crippen molar-refractivity contribution in [3.05, 3.63) is 35.4 Å². The van der Waals surface area contributed by atoms with E-state index in [4.69, 9.17) is 0 Å². The van der Waals surface area contributed by atoms with Crippen LogP contribution < -0.4 is 5.32 Å². The third-order valence-electron chi connectivity index (χ3n) is 3.10. The van der Waals surface area contributed by atoms with E-state index in [1.165, 1.54) is 12.8 Å². The Morgan fingerprint density at radius 3 is 2.35 bits per heavy atom. The lowest BCUT2D eigenvalue weighted by molar-refractivity contribution is -0.127. The molecule has 1 aromatic carbocycles. The van der Waals surface area contributed by atoms with E-state index in [1.54, 1.807) is 12.1 Å². The standard InChI is InChI=1S/C13H16F3N/c14-13(15,16)9-10-4-6-11(7-5-10)12-3-1-2-8-17-12/h4-7,12,17H,1-3,8-9H2. The van der Waals surface area contributed by atoms with E-state index in [0.29, 0.717) is 11.6 Å². The Morgan fingerprint density at radius 2 is 1.82 bits per heavy atom. The molecule has 1 aliphatic rings. The summed E-state index contributed by atoms with van der Waals surface area (Å²) in [6.45, 7) is 0.995. The van der Waals surface area contributed by atoms with Crippen LogP contribution in [-0.4, -0.2) is 12.7 Å². The van der Waals surface area contributed by atoms with Crippen molar-refractivity contribution in [1.82, 2.24) is 5.32 Å². The fourth-order valence-corrected chi connectivity index (χ4v) is 2.24. The molecular formula is C13H16F3N. The monoisotopic (exact) mass is 243 g/mol. The molecule has 0 aromatic heterocycles. The molecule has 0 saturated carbocycles. The molecule has 0 radical (unpaired) electrons. The highest BCUT2D eigenvalue weighted by molar-refractivity contribution is 5.25. The van der Waals surface area contributed by atoms with Crippen LogP contribution in [0.25, 0.3) is 0 Å². The SMILES string of the molecule is FC(F)(F)Cc1ccc(C2CCCCN2)cc1. The number of benzene rings is 1. The maximum Gasteiger partial charge on any atom is 0.393 e. The van der Waals surface area contributed by atoms with Crippen LogP contribution in [0.2, 0.25) is 0 Å². The second-order valence-electron chi connectivity index (χ2n) is 4.54. The van der Waals surface area contributed by atoms with E-state index in [0.717, 1.165) is 18.5 Å². The van der Waals surface area contributed by atoms with Gasteiger partial charge in [-0.1, -0.05) is 30.7 Å². The van der Waals surface area contributed by atoms with E-state index in [1.807, 2.05) is 12.1 Å². The molecule has 1 unspecified atom stereocenters. The molecule has 1 atom stereocenters. The van der Waals surface area contributed by atoms with Gasteiger partial charge in [0.2, 0.25) is 0 Å². The van der Waals surface area contributed by atoms with Crippen molar-refractivity contribution in [2.24, 2.45) is 0 Å². The smallest absolute Gasteiger partial charge is 0.310 e. The number of hydrogen-bond acceptors (Lipinski definition) is 1. The molecule has 1 aromatic rings. The molecular weight excluding hydrogens is 227 g/mol. The van der Waals surface area contributed by atoms with Gasteiger partial charge in [0.15, 0.2) is 0 Å². The predicted octanol–water partition coefficient (Wildman–Crippen LogP) is 3.61. The van der Waals surface area contributed by atoms with Crippen molar-refractivity contribution < 1.29 is 13.2 Å². The number of halogens is 3. The maximum atomic E-state index is 12.2. The van der Waals surface area contributed by atoms with Gasteiger partial charge in [-0.2, -0.15) is 13.2 Å². The molecule has 0 spiro atoms. The van der Waals surface area contributed by atoms with E-state index in [2.05, 4.69) is 5.32 Å². The molecule has 0 bridgehead atoms. The molecule has 17 heavy (non-hydrogen) atoms. The highest BCUT2D eigenvalue weighted by Crippen LogP contribution is 2.25. The number of rotatable bonds is 2. The summed E-state index contributed by atoms with van der Waals surface area (Å²) in [6.07, 6.45) is -1.53. The molecule has 94 valence electrons. The largest absolute Gasteiger partial charge is 0.393 e. The van der Waals surface area contributed by atoms with Crippen LogP contribution in [0.5, 0.6) is 0 Å². The Hall–Kier alpha value is -1.03. The summed E-state index contributed by atoms with van der Waals surface area (Å²) < 4.78 is 36.6. The third kappa shape index (κ3) is 3.73. The average Bonchev–Trinajstić information content (AvgIpc) is 2.29. The Morgan fingerprint density at radius 1 is 1.12 bits per heavy atom. The number of nitrogens with one attached hydrogen (secondary N) is 1. The number of alkyl halides is 3. The first-order valence-electron chi connectivity index (χ1n) is 5.93. The fourth-order valence-electron chi connectivity index (χ4n) is 2.24. The van der Waals surface area contributed by atoms with Gasteiger partial charge in [0.1, 0.15) is 0 Å². The highest BCUT2D eigenvalue weighted by Gasteiger charge is 2.27. The lowest BCUT2D eigenvalue weighted by Gasteiger charge is -2.24. The molecule has 1 fully saturated rings. The van der Waals surface area contributed by atoms with Crippen molar-refractivity contribution >= 4 is 0 Å². The summed E-state index contributed by atoms with van der Waals surface area (Å²) in [5.74, 6) is 0. The van der Waals surface area contributed by atoms with E-state index in [-0.39, 0.29) is 0 Å². The van der Waals surface area contributed by atoms with Gasteiger partial charge in [0, 0.05) is 6.04 Å². The van der Waals surface area contributed by atoms with Crippen molar-refractivity contribution in [3.63, 3.8) is 0 Å². The summed E-state index contributed by atoms with van der Waals surface area (Å²) in [5.41, 5.74) is 1.42. The van der Waals surface area contributed by atoms with E-state index < -0.39 is 12.6 Å². The zero-order valence-electron chi connectivity index (χ0n) is 9.56. The van der Waals surface area contributed by atoms with Crippen molar-refractivity contribution in [2.75, 3.05) is 6.54 Å². The normalized spacial score (nSPS) is 21.5. The topological polar surface area (TPSA) is 12.0 Å². The molecule has 4 heteroatoms. The van der Waals surface area contributed by atoms with Gasteiger partial charge in [-0.3, -0.25) is 0 Å². The lowest BCUT2D eigenvalue weighted by Crippen LogP contribution is -2.26. The summed E-state index contributed by atoms with van der Waals surface area (Å²) in [4.78, 5) is 0. The highest BCUT2D eigenvalue weighted by atomic mass is 19.4. The molecule has 0 aliphatic carbocycles. The van der Waals surface area contributed by atoms with Crippen LogP contribution >= 0.6 is 0 Å². The van der Waals surface area contributed by atoms with Crippen LogP contribution in [0.15, 0.2) is 24.3 Å². The van der Waals surface area contributed by atoms with Crippen LogP contribution in [0.1, 0.15) is 36.4 Å². The Labute approximate surface area is 99.0 Å². The summed E-state index contributed by atoms with van der Waals surface area (Å²) in [6, 6.07) is 7.09. The van der Waals surface area contributed by atoms with Gasteiger partial charge >= 0.3 is 6.18 Å². The minimum Gasteiger partial charge on any atom is -0.310 e. The predicted molar refractivity (Wildman–Crippen MR) is 60.8 cm³/mol. The number of hydrogen-bond donors (Lipinski definition) is 1. The summed E-state index contributed by atoms with van der Waals surface area (Å²) >= 11 is 0. The maximum absolute atomic E-state index is 12.2. The molecule has 1 heterocycles. The van der Waals surface area contributed by atoms with Crippen LogP contribution in [-0.2, 0) is 6.42 Å². The quantitative estimate of drug-likeness (QED) is 0.836. The third-order valence-corrected chi connectivity index (χ3v) is 3.10. The van der Waals surface area contributed by atoms with Crippen molar-refractivity contribution in [2.45, 2.75) is 37.9 Å². The van der Waals surface area contributed by atoms with E-state index in [9.17, 15) is 13.2 Å². The minimum absolute atomic E-state index is 0.309. The van der Waals surface area contributed by atoms with Crippen LogP contribution in [0, 0.1) is 0 Å². The van der Waals surface area contributed by atoms with Gasteiger partial charge < -0.3 is 5.32 Å². The fraction of sp³-hybridized carbons (Fsp3) is 0.538. The van der Waals surface area contributed by atoms with Crippen LogP contribution in [0.4, 0.5) is 13.2 Å². The second-order valence-corrected chi connectivity index (χ2v) is 4.54. The molecule has 2 rings (SSSR count). The van der Waals surface area contributed by atoms with Crippen molar-refractivity contribution in [1.29, 1.82) is 0 Å². The van der Waals surface area contributed by atoms with E-state index >= 15 is 0 Å². The molecule has 1 saturated heterocycles. The van der Waals surface area contributed by atoms with Gasteiger partial charge in [-0.25, -0.2) is 0 Å². The van der Waals surface area contributed by atoms with Gasteiger partial charge in [-0.15, -0.1) is 0 Å². The molecule has 1 N–H and O–H groups in total. The average molecular weight is 243 g/mol. The molecule has 1 aliphatic heterocycles.